The van der Waals surface area contributed by atoms with Crippen LogP contribution >= 0.6 is 9.24 Å². The first-order valence-electron chi connectivity index (χ1n) is 4.87. The summed E-state index contributed by atoms with van der Waals surface area (Å²) in [6.45, 7) is 1.22. The molecule has 0 saturated heterocycles. The molecule has 0 spiro atoms. The van der Waals surface area contributed by atoms with E-state index < -0.39 is 0 Å². The highest BCUT2D eigenvalue weighted by Gasteiger charge is 2.11. The van der Waals surface area contributed by atoms with Gasteiger partial charge in [0.2, 0.25) is 0 Å². The maximum Gasteiger partial charge on any atom is 0.00670 e. The Bertz CT molecular complexity index is 89.6. The van der Waals surface area contributed by atoms with E-state index in [9.17, 15) is 0 Å². The van der Waals surface area contributed by atoms with Gasteiger partial charge in [0.25, 0.3) is 0 Å². The summed E-state index contributed by atoms with van der Waals surface area (Å²) in [5.41, 5.74) is 0. The van der Waals surface area contributed by atoms with E-state index in [-0.39, 0.29) is 0 Å². The summed E-state index contributed by atoms with van der Waals surface area (Å²) in [5, 5.41) is 3.61. The van der Waals surface area contributed by atoms with Gasteiger partial charge in [-0.05, 0) is 32.0 Å². The minimum absolute atomic E-state index is 0.847. The van der Waals surface area contributed by atoms with E-state index in [1.165, 1.54) is 51.2 Å². The van der Waals surface area contributed by atoms with E-state index in [0.29, 0.717) is 0 Å². The maximum atomic E-state index is 3.61. The molecule has 0 aromatic heterocycles. The van der Waals surface area contributed by atoms with Crippen molar-refractivity contribution in [3.05, 3.63) is 0 Å². The lowest BCUT2D eigenvalue weighted by atomic mass is 9.95. The van der Waals surface area contributed by atoms with E-state index in [2.05, 4.69) is 14.6 Å². The molecule has 1 aliphatic rings. The first kappa shape index (κ1) is 9.48. The minimum atomic E-state index is 0.847. The molecular formula is C9H20NP. The highest BCUT2D eigenvalue weighted by atomic mass is 31.0. The van der Waals surface area contributed by atoms with Crippen LogP contribution < -0.4 is 5.32 Å². The molecule has 0 aliphatic heterocycles. The average molecular weight is 173 g/mol. The SMILES string of the molecule is PCCCNC1CCCCC1. The Hall–Kier alpha value is 0.390. The fourth-order valence-corrected chi connectivity index (χ4v) is 1.92. The quantitative estimate of drug-likeness (QED) is 0.507. The zero-order chi connectivity index (χ0) is 7.94. The number of hydrogen-bond acceptors (Lipinski definition) is 1. The fraction of sp³-hybridized carbons (Fsp3) is 1.00. The van der Waals surface area contributed by atoms with Crippen LogP contribution in [0.25, 0.3) is 0 Å². The lowest BCUT2D eigenvalue weighted by molar-refractivity contribution is 0.375. The molecule has 66 valence electrons. The van der Waals surface area contributed by atoms with Gasteiger partial charge in [-0.1, -0.05) is 19.3 Å². The second-order valence-corrected chi connectivity index (χ2v) is 4.01. The molecule has 1 N–H and O–H groups in total. The summed E-state index contributed by atoms with van der Waals surface area (Å²) in [5.74, 6) is 0. The van der Waals surface area contributed by atoms with Crippen molar-refractivity contribution in [1.82, 2.24) is 5.32 Å². The Morgan fingerprint density at radius 2 is 1.91 bits per heavy atom. The molecule has 1 fully saturated rings. The highest BCUT2D eigenvalue weighted by molar-refractivity contribution is 7.16. The fourth-order valence-electron chi connectivity index (χ4n) is 1.71. The van der Waals surface area contributed by atoms with E-state index in [0.717, 1.165) is 6.04 Å². The molecule has 0 amide bonds. The minimum Gasteiger partial charge on any atom is -0.314 e. The van der Waals surface area contributed by atoms with Crippen LogP contribution in [0.2, 0.25) is 0 Å². The zero-order valence-electron chi connectivity index (χ0n) is 7.31. The molecule has 1 rings (SSSR count). The number of nitrogens with one attached hydrogen (secondary N) is 1. The molecule has 1 saturated carbocycles. The van der Waals surface area contributed by atoms with Gasteiger partial charge in [0.1, 0.15) is 0 Å². The van der Waals surface area contributed by atoms with Crippen LogP contribution in [0, 0.1) is 0 Å². The normalized spacial score (nSPS) is 20.5. The van der Waals surface area contributed by atoms with Gasteiger partial charge in [-0.3, -0.25) is 0 Å². The third-order valence-corrected chi connectivity index (χ3v) is 2.83. The summed E-state index contributed by atoms with van der Waals surface area (Å²) in [4.78, 5) is 0. The molecule has 2 heteroatoms. The lowest BCUT2D eigenvalue weighted by Crippen LogP contribution is -2.31. The molecule has 0 bridgehead atoms. The van der Waals surface area contributed by atoms with E-state index in [1.54, 1.807) is 0 Å². The molecule has 0 radical (unpaired) electrons. The first-order valence-corrected chi connectivity index (χ1v) is 5.68. The lowest BCUT2D eigenvalue weighted by Gasteiger charge is -2.22. The van der Waals surface area contributed by atoms with Crippen molar-refractivity contribution >= 4 is 9.24 Å². The van der Waals surface area contributed by atoms with Crippen LogP contribution in [0.15, 0.2) is 0 Å². The Labute approximate surface area is 72.5 Å². The van der Waals surface area contributed by atoms with Gasteiger partial charge < -0.3 is 5.32 Å². The van der Waals surface area contributed by atoms with Crippen molar-refractivity contribution < 1.29 is 0 Å². The van der Waals surface area contributed by atoms with Crippen molar-refractivity contribution in [3.63, 3.8) is 0 Å². The monoisotopic (exact) mass is 173 g/mol. The average Bonchev–Trinajstić information content (AvgIpc) is 2.07. The number of hydrogen-bond donors (Lipinski definition) is 1. The summed E-state index contributed by atoms with van der Waals surface area (Å²) >= 11 is 0. The summed E-state index contributed by atoms with van der Waals surface area (Å²) < 4.78 is 0. The molecule has 1 nitrogen and oxygen atoms in total. The van der Waals surface area contributed by atoms with Gasteiger partial charge >= 0.3 is 0 Å². The summed E-state index contributed by atoms with van der Waals surface area (Å²) in [7, 11) is 2.78. The molecule has 0 heterocycles. The molecular weight excluding hydrogens is 153 g/mol. The van der Waals surface area contributed by atoms with Gasteiger partial charge in [0, 0.05) is 6.04 Å². The van der Waals surface area contributed by atoms with Crippen molar-refractivity contribution in [3.8, 4) is 0 Å². The topological polar surface area (TPSA) is 12.0 Å². The second-order valence-electron chi connectivity index (χ2n) is 3.43. The maximum absolute atomic E-state index is 3.61. The molecule has 1 atom stereocenters. The Morgan fingerprint density at radius 1 is 1.18 bits per heavy atom. The van der Waals surface area contributed by atoms with Gasteiger partial charge in [-0.2, -0.15) is 0 Å². The highest BCUT2D eigenvalue weighted by Crippen LogP contribution is 2.17. The van der Waals surface area contributed by atoms with E-state index >= 15 is 0 Å². The third kappa shape index (κ3) is 4.08. The van der Waals surface area contributed by atoms with Crippen LogP contribution in [0.3, 0.4) is 0 Å². The standard InChI is InChI=1S/C9H20NP/c11-8-4-7-10-9-5-2-1-3-6-9/h9-10H,1-8,11H2. The van der Waals surface area contributed by atoms with Crippen LogP contribution in [0.4, 0.5) is 0 Å². The molecule has 1 aliphatic carbocycles. The number of rotatable bonds is 4. The summed E-state index contributed by atoms with van der Waals surface area (Å²) in [6.07, 6.45) is 9.72. The summed E-state index contributed by atoms with van der Waals surface area (Å²) in [6, 6.07) is 0.847. The molecule has 1 unspecified atom stereocenters. The van der Waals surface area contributed by atoms with Crippen molar-refractivity contribution in [2.45, 2.75) is 44.6 Å². The predicted octanol–water partition coefficient (Wildman–Crippen LogP) is 2.17. The van der Waals surface area contributed by atoms with Crippen LogP contribution in [-0.4, -0.2) is 18.7 Å². The van der Waals surface area contributed by atoms with Crippen LogP contribution in [0.5, 0.6) is 0 Å². The van der Waals surface area contributed by atoms with Crippen LogP contribution in [-0.2, 0) is 0 Å². The van der Waals surface area contributed by atoms with Gasteiger partial charge in [0.15, 0.2) is 0 Å². The van der Waals surface area contributed by atoms with Crippen LogP contribution in [0.1, 0.15) is 38.5 Å². The van der Waals surface area contributed by atoms with Crippen molar-refractivity contribution in [2.75, 3.05) is 12.7 Å². The Kier molecular flexibility index (Phi) is 5.14. The Morgan fingerprint density at radius 3 is 2.55 bits per heavy atom. The van der Waals surface area contributed by atoms with Gasteiger partial charge in [-0.25, -0.2) is 0 Å². The Balaban J connectivity index is 1.96. The van der Waals surface area contributed by atoms with Crippen molar-refractivity contribution in [1.29, 1.82) is 0 Å². The largest absolute Gasteiger partial charge is 0.314 e. The molecule has 11 heavy (non-hydrogen) atoms. The zero-order valence-corrected chi connectivity index (χ0v) is 8.47. The molecule has 0 aromatic carbocycles. The van der Waals surface area contributed by atoms with Gasteiger partial charge in [-0.15, -0.1) is 9.24 Å². The second kappa shape index (κ2) is 5.97. The first-order chi connectivity index (χ1) is 5.43. The van der Waals surface area contributed by atoms with Crippen molar-refractivity contribution in [2.24, 2.45) is 0 Å². The van der Waals surface area contributed by atoms with Gasteiger partial charge in [0.05, 0.1) is 0 Å². The third-order valence-electron chi connectivity index (χ3n) is 2.42. The van der Waals surface area contributed by atoms with E-state index in [4.69, 9.17) is 0 Å². The smallest absolute Gasteiger partial charge is 0.00670 e. The molecule has 0 aromatic rings. The predicted molar refractivity (Wildman–Crippen MR) is 54.1 cm³/mol. The van der Waals surface area contributed by atoms with E-state index in [1.807, 2.05) is 0 Å².